The van der Waals surface area contributed by atoms with Crippen molar-refractivity contribution in [2.75, 3.05) is 13.1 Å². The normalized spacial score (nSPS) is 17.0. The zero-order valence-electron chi connectivity index (χ0n) is 11.3. The highest BCUT2D eigenvalue weighted by Gasteiger charge is 2.29. The number of benzene rings is 1. The number of rotatable bonds is 2. The molecule has 0 amide bonds. The van der Waals surface area contributed by atoms with E-state index in [-0.39, 0.29) is 4.90 Å². The van der Waals surface area contributed by atoms with Crippen LogP contribution in [0.5, 0.6) is 0 Å². The summed E-state index contributed by atoms with van der Waals surface area (Å²) in [5, 5.41) is 12.5. The molecule has 2 aromatic rings. The molecule has 7 heteroatoms. The second kappa shape index (κ2) is 5.42. The third kappa shape index (κ3) is 2.50. The minimum Gasteiger partial charge on any atom is -0.411 e. The van der Waals surface area contributed by atoms with Gasteiger partial charge in [0.25, 0.3) is 0 Å². The van der Waals surface area contributed by atoms with E-state index in [9.17, 15) is 8.42 Å². The lowest BCUT2D eigenvalue weighted by Crippen LogP contribution is -2.38. The van der Waals surface area contributed by atoms with Gasteiger partial charge >= 0.3 is 0 Å². The van der Waals surface area contributed by atoms with Gasteiger partial charge < -0.3 is 5.21 Å². The molecular weight excluding hydrogens is 290 g/mol. The second-order valence-electron chi connectivity index (χ2n) is 4.90. The molecule has 21 heavy (non-hydrogen) atoms. The highest BCUT2D eigenvalue weighted by molar-refractivity contribution is 7.89. The van der Waals surface area contributed by atoms with Gasteiger partial charge in [0.15, 0.2) is 0 Å². The largest absolute Gasteiger partial charge is 0.411 e. The van der Waals surface area contributed by atoms with Gasteiger partial charge in [-0.3, -0.25) is 4.98 Å². The number of hydrogen-bond acceptors (Lipinski definition) is 5. The van der Waals surface area contributed by atoms with Gasteiger partial charge in [-0.2, -0.15) is 4.31 Å². The van der Waals surface area contributed by atoms with Gasteiger partial charge in [0.2, 0.25) is 10.0 Å². The van der Waals surface area contributed by atoms with E-state index >= 15 is 0 Å². The molecule has 0 unspecified atom stereocenters. The number of pyridine rings is 1. The van der Waals surface area contributed by atoms with Gasteiger partial charge in [0.1, 0.15) is 0 Å². The third-order valence-electron chi connectivity index (χ3n) is 3.66. The van der Waals surface area contributed by atoms with Crippen LogP contribution in [0.15, 0.2) is 46.6 Å². The van der Waals surface area contributed by atoms with Crippen LogP contribution >= 0.6 is 0 Å². The van der Waals surface area contributed by atoms with Gasteiger partial charge in [-0.05, 0) is 24.3 Å². The fraction of sp³-hybridized carbons (Fsp3) is 0.286. The zero-order chi connectivity index (χ0) is 14.9. The molecule has 1 fully saturated rings. The van der Waals surface area contributed by atoms with Crippen molar-refractivity contribution in [3.63, 3.8) is 0 Å². The zero-order valence-corrected chi connectivity index (χ0v) is 12.1. The van der Waals surface area contributed by atoms with Gasteiger partial charge in [-0.1, -0.05) is 11.2 Å². The molecule has 0 spiro atoms. The van der Waals surface area contributed by atoms with Crippen molar-refractivity contribution in [1.29, 1.82) is 0 Å². The maximum Gasteiger partial charge on any atom is 0.243 e. The number of piperidine rings is 1. The molecule has 1 aliphatic rings. The number of aromatic nitrogens is 1. The van der Waals surface area contributed by atoms with Crippen molar-refractivity contribution >= 4 is 26.6 Å². The van der Waals surface area contributed by atoms with E-state index in [4.69, 9.17) is 5.21 Å². The lowest BCUT2D eigenvalue weighted by Gasteiger charge is -2.26. The molecule has 3 rings (SSSR count). The number of hydrogen-bond donors (Lipinski definition) is 1. The molecule has 0 atom stereocenters. The summed E-state index contributed by atoms with van der Waals surface area (Å²) in [6, 6.07) is 8.59. The summed E-state index contributed by atoms with van der Waals surface area (Å²) in [7, 11) is -3.56. The summed E-state index contributed by atoms with van der Waals surface area (Å²) in [6.07, 6.45) is 2.56. The molecule has 1 N–H and O–H groups in total. The van der Waals surface area contributed by atoms with Crippen molar-refractivity contribution in [1.82, 2.24) is 9.29 Å². The van der Waals surface area contributed by atoms with Crippen LogP contribution in [0, 0.1) is 0 Å². The van der Waals surface area contributed by atoms with Crippen LogP contribution in [0.4, 0.5) is 0 Å². The number of nitrogens with zero attached hydrogens (tertiary/aromatic N) is 3. The Bertz CT molecular complexity index is 787. The Morgan fingerprint density at radius 3 is 2.62 bits per heavy atom. The van der Waals surface area contributed by atoms with Crippen LogP contribution in [0.25, 0.3) is 10.9 Å². The maximum atomic E-state index is 12.8. The monoisotopic (exact) mass is 305 g/mol. The van der Waals surface area contributed by atoms with Crippen molar-refractivity contribution in [3.8, 4) is 0 Å². The average molecular weight is 305 g/mol. The molecule has 110 valence electrons. The lowest BCUT2D eigenvalue weighted by molar-refractivity contribution is 0.310. The quantitative estimate of drug-likeness (QED) is 0.678. The summed E-state index contributed by atoms with van der Waals surface area (Å²) in [5.41, 5.74) is 1.30. The molecule has 2 heterocycles. The number of fused-ring (bicyclic) bond motifs is 1. The van der Waals surface area contributed by atoms with Crippen molar-refractivity contribution in [3.05, 3.63) is 36.5 Å². The molecule has 1 aromatic carbocycles. The summed E-state index contributed by atoms with van der Waals surface area (Å²) < 4.78 is 27.0. The van der Waals surface area contributed by atoms with E-state index in [1.165, 1.54) is 4.31 Å². The van der Waals surface area contributed by atoms with Gasteiger partial charge in [-0.15, -0.1) is 0 Å². The molecule has 0 bridgehead atoms. The smallest absolute Gasteiger partial charge is 0.243 e. The highest BCUT2D eigenvalue weighted by Crippen LogP contribution is 2.26. The van der Waals surface area contributed by atoms with E-state index in [0.29, 0.717) is 42.5 Å². The summed E-state index contributed by atoms with van der Waals surface area (Å²) >= 11 is 0. The molecule has 6 nitrogen and oxygen atoms in total. The van der Waals surface area contributed by atoms with Crippen LogP contribution in [-0.2, 0) is 10.0 Å². The lowest BCUT2D eigenvalue weighted by atomic mass is 10.1. The van der Waals surface area contributed by atoms with Crippen molar-refractivity contribution in [2.45, 2.75) is 17.7 Å². The molecule has 0 radical (unpaired) electrons. The second-order valence-corrected chi connectivity index (χ2v) is 6.80. The van der Waals surface area contributed by atoms with Crippen LogP contribution in [0.2, 0.25) is 0 Å². The Balaban J connectivity index is 2.01. The van der Waals surface area contributed by atoms with E-state index in [0.717, 1.165) is 0 Å². The third-order valence-corrected chi connectivity index (χ3v) is 5.62. The first-order valence-electron chi connectivity index (χ1n) is 6.66. The molecule has 1 aliphatic heterocycles. The van der Waals surface area contributed by atoms with Crippen LogP contribution < -0.4 is 0 Å². The van der Waals surface area contributed by atoms with Gasteiger partial charge in [0.05, 0.1) is 16.1 Å². The summed E-state index contributed by atoms with van der Waals surface area (Å²) in [6.45, 7) is 0.663. The first-order valence-corrected chi connectivity index (χ1v) is 8.10. The van der Waals surface area contributed by atoms with E-state index in [2.05, 4.69) is 10.1 Å². The Morgan fingerprint density at radius 2 is 1.90 bits per heavy atom. The standard InChI is InChI=1S/C14H15N3O3S/c18-16-11-6-9-17(10-7-11)21(19,20)14-5-1-4-13-12(14)3-2-8-15-13/h1-5,8,18H,6-7,9-10H2. The van der Waals surface area contributed by atoms with Gasteiger partial charge in [0, 0.05) is 37.5 Å². The van der Waals surface area contributed by atoms with Crippen LogP contribution in [-0.4, -0.2) is 41.7 Å². The predicted octanol–water partition coefficient (Wildman–Crippen LogP) is 1.85. The predicted molar refractivity (Wildman–Crippen MR) is 79.0 cm³/mol. The topological polar surface area (TPSA) is 82.9 Å². The Morgan fingerprint density at radius 1 is 1.14 bits per heavy atom. The molecular formula is C14H15N3O3S. The van der Waals surface area contributed by atoms with Gasteiger partial charge in [-0.25, -0.2) is 8.42 Å². The average Bonchev–Trinajstić information content (AvgIpc) is 2.54. The van der Waals surface area contributed by atoms with Crippen LogP contribution in [0.1, 0.15) is 12.8 Å². The molecule has 1 aromatic heterocycles. The Hall–Kier alpha value is -1.99. The summed E-state index contributed by atoms with van der Waals surface area (Å²) in [5.74, 6) is 0. The van der Waals surface area contributed by atoms with E-state index < -0.39 is 10.0 Å². The maximum absolute atomic E-state index is 12.8. The van der Waals surface area contributed by atoms with E-state index in [1.54, 1.807) is 36.5 Å². The van der Waals surface area contributed by atoms with E-state index in [1.807, 2.05) is 0 Å². The number of oxime groups is 1. The first-order chi connectivity index (χ1) is 10.1. The Labute approximate surface area is 122 Å². The highest BCUT2D eigenvalue weighted by atomic mass is 32.2. The minimum absolute atomic E-state index is 0.275. The summed E-state index contributed by atoms with van der Waals surface area (Å²) in [4.78, 5) is 4.47. The van der Waals surface area contributed by atoms with Crippen molar-refractivity contribution in [2.24, 2.45) is 5.16 Å². The fourth-order valence-electron chi connectivity index (χ4n) is 2.52. The van der Waals surface area contributed by atoms with Crippen LogP contribution in [0.3, 0.4) is 0 Å². The Kier molecular flexibility index (Phi) is 3.60. The fourth-order valence-corrected chi connectivity index (χ4v) is 4.17. The number of sulfonamides is 1. The SMILES string of the molecule is O=S(=O)(c1cccc2ncccc12)N1CCC(=NO)CC1. The first kappa shape index (κ1) is 14.0. The molecule has 0 aliphatic carbocycles. The minimum atomic E-state index is -3.56. The van der Waals surface area contributed by atoms with Crippen molar-refractivity contribution < 1.29 is 13.6 Å². The molecule has 0 saturated carbocycles. The molecule has 1 saturated heterocycles.